The lowest BCUT2D eigenvalue weighted by molar-refractivity contribution is -0.131. The molecular weight excluding hydrogens is 213 g/mol. The van der Waals surface area contributed by atoms with Gasteiger partial charge in [-0.1, -0.05) is 0 Å². The van der Waals surface area contributed by atoms with Crippen LogP contribution in [-0.4, -0.2) is 17.0 Å². The Morgan fingerprint density at radius 3 is 2.69 bits per heavy atom. The van der Waals surface area contributed by atoms with Gasteiger partial charge in [0, 0.05) is 24.3 Å². The number of aliphatic carboxylic acids is 1. The van der Waals surface area contributed by atoms with E-state index in [1.54, 1.807) is 0 Å². The average Bonchev–Trinajstić information content (AvgIpc) is 2.17. The molecule has 0 radical (unpaired) electrons. The fourth-order valence-electron chi connectivity index (χ4n) is 1.14. The third-order valence-corrected chi connectivity index (χ3v) is 1.73. The lowest BCUT2D eigenvalue weighted by atomic mass is 10.1. The van der Waals surface area contributed by atoms with Crippen LogP contribution in [-0.2, 0) is 9.59 Å². The number of nitrogens with one attached hydrogen (secondary N) is 1. The molecule has 0 saturated heterocycles. The van der Waals surface area contributed by atoms with E-state index in [9.17, 15) is 14.0 Å². The number of anilines is 1. The number of hydrogen-bond acceptors (Lipinski definition) is 2. The van der Waals surface area contributed by atoms with Crippen molar-refractivity contribution in [1.29, 1.82) is 0 Å². The van der Waals surface area contributed by atoms with E-state index >= 15 is 0 Å². The first-order valence-electron chi connectivity index (χ1n) is 4.47. The van der Waals surface area contributed by atoms with E-state index in [1.165, 1.54) is 25.1 Å². The van der Waals surface area contributed by atoms with Gasteiger partial charge in [0.05, 0.1) is 0 Å². The Hall–Kier alpha value is -2.17. The Labute approximate surface area is 91.4 Å². The van der Waals surface area contributed by atoms with Gasteiger partial charge in [-0.3, -0.25) is 4.79 Å². The second kappa shape index (κ2) is 5.06. The monoisotopic (exact) mass is 223 g/mol. The quantitative estimate of drug-likeness (QED) is 0.769. The molecule has 0 atom stereocenters. The molecule has 1 aromatic carbocycles. The molecule has 84 valence electrons. The minimum absolute atomic E-state index is 0.303. The molecule has 5 heteroatoms. The summed E-state index contributed by atoms with van der Waals surface area (Å²) in [6, 6.07) is 3.70. The van der Waals surface area contributed by atoms with Gasteiger partial charge in [0.1, 0.15) is 5.82 Å². The molecule has 4 nitrogen and oxygen atoms in total. The predicted molar refractivity (Wildman–Crippen MR) is 57.4 cm³/mol. The van der Waals surface area contributed by atoms with Crippen molar-refractivity contribution >= 4 is 23.6 Å². The van der Waals surface area contributed by atoms with Crippen LogP contribution in [0.3, 0.4) is 0 Å². The first-order chi connectivity index (χ1) is 7.49. The number of rotatable bonds is 3. The fourth-order valence-corrected chi connectivity index (χ4v) is 1.14. The maximum absolute atomic E-state index is 12.9. The minimum Gasteiger partial charge on any atom is -0.478 e. The highest BCUT2D eigenvalue weighted by molar-refractivity contribution is 5.93. The highest BCUT2D eigenvalue weighted by Crippen LogP contribution is 2.18. The first kappa shape index (κ1) is 11.9. The van der Waals surface area contributed by atoms with Crippen LogP contribution in [0.1, 0.15) is 12.5 Å². The van der Waals surface area contributed by atoms with Crippen LogP contribution in [0.5, 0.6) is 0 Å². The Morgan fingerprint density at radius 1 is 1.44 bits per heavy atom. The summed E-state index contributed by atoms with van der Waals surface area (Å²) in [5.41, 5.74) is 0.670. The van der Waals surface area contributed by atoms with Gasteiger partial charge in [-0.05, 0) is 24.3 Å². The van der Waals surface area contributed by atoms with Crippen molar-refractivity contribution in [2.45, 2.75) is 6.92 Å². The van der Waals surface area contributed by atoms with Crippen molar-refractivity contribution < 1.29 is 19.1 Å². The van der Waals surface area contributed by atoms with Crippen LogP contribution >= 0.6 is 0 Å². The summed E-state index contributed by atoms with van der Waals surface area (Å²) in [6.45, 7) is 1.31. The topological polar surface area (TPSA) is 66.4 Å². The SMILES string of the molecule is CC(=O)Nc1ccc(F)cc1/C=C/C(=O)O. The number of carboxylic acid groups (broad SMARTS) is 1. The molecule has 0 bridgehead atoms. The Bertz CT molecular complexity index is 455. The van der Waals surface area contributed by atoms with Crippen LogP contribution in [0.15, 0.2) is 24.3 Å². The van der Waals surface area contributed by atoms with Crippen LogP contribution in [0.2, 0.25) is 0 Å². The Morgan fingerprint density at radius 2 is 2.12 bits per heavy atom. The van der Waals surface area contributed by atoms with Crippen molar-refractivity contribution in [3.63, 3.8) is 0 Å². The molecule has 1 aromatic rings. The van der Waals surface area contributed by atoms with E-state index < -0.39 is 11.8 Å². The molecule has 2 N–H and O–H groups in total. The minimum atomic E-state index is -1.14. The molecule has 0 aliphatic rings. The summed E-state index contributed by atoms with van der Waals surface area (Å²) in [7, 11) is 0. The maximum atomic E-state index is 12.9. The number of halogens is 1. The smallest absolute Gasteiger partial charge is 0.328 e. The van der Waals surface area contributed by atoms with Gasteiger partial charge in [0.15, 0.2) is 0 Å². The van der Waals surface area contributed by atoms with Gasteiger partial charge in [0.2, 0.25) is 5.91 Å². The third-order valence-electron chi connectivity index (χ3n) is 1.73. The molecule has 0 unspecified atom stereocenters. The van der Waals surface area contributed by atoms with Crippen LogP contribution < -0.4 is 5.32 Å². The fraction of sp³-hybridized carbons (Fsp3) is 0.0909. The zero-order valence-electron chi connectivity index (χ0n) is 8.53. The molecule has 16 heavy (non-hydrogen) atoms. The molecular formula is C11H10FNO3. The standard InChI is InChI=1S/C11H10FNO3/c1-7(14)13-10-4-3-9(12)6-8(10)2-5-11(15)16/h2-6H,1H3,(H,13,14)(H,15,16)/b5-2+. The normalized spacial score (nSPS) is 10.4. The second-order valence-corrected chi connectivity index (χ2v) is 3.08. The van der Waals surface area contributed by atoms with Crippen molar-refractivity contribution in [2.75, 3.05) is 5.32 Å². The molecule has 0 heterocycles. The average molecular weight is 223 g/mol. The zero-order chi connectivity index (χ0) is 12.1. The first-order valence-corrected chi connectivity index (χ1v) is 4.47. The number of carboxylic acids is 1. The highest BCUT2D eigenvalue weighted by Gasteiger charge is 2.03. The number of amides is 1. The largest absolute Gasteiger partial charge is 0.478 e. The van der Waals surface area contributed by atoms with Crippen LogP contribution in [0.4, 0.5) is 10.1 Å². The van der Waals surface area contributed by atoms with Crippen molar-refractivity contribution in [1.82, 2.24) is 0 Å². The van der Waals surface area contributed by atoms with E-state index in [0.717, 1.165) is 12.1 Å². The number of benzene rings is 1. The Kier molecular flexibility index (Phi) is 3.77. The number of hydrogen-bond donors (Lipinski definition) is 2. The molecule has 0 aromatic heterocycles. The number of carbonyl (C=O) groups excluding carboxylic acids is 1. The van der Waals surface area contributed by atoms with Crippen molar-refractivity contribution in [3.05, 3.63) is 35.7 Å². The molecule has 0 saturated carbocycles. The van der Waals surface area contributed by atoms with Gasteiger partial charge in [-0.15, -0.1) is 0 Å². The lowest BCUT2D eigenvalue weighted by Crippen LogP contribution is -2.07. The molecule has 1 amide bonds. The van der Waals surface area contributed by atoms with Gasteiger partial charge >= 0.3 is 5.97 Å². The van der Waals surface area contributed by atoms with Gasteiger partial charge < -0.3 is 10.4 Å². The van der Waals surface area contributed by atoms with Crippen molar-refractivity contribution in [2.24, 2.45) is 0 Å². The van der Waals surface area contributed by atoms with E-state index in [0.29, 0.717) is 11.3 Å². The summed E-state index contributed by atoms with van der Waals surface area (Å²) < 4.78 is 12.9. The predicted octanol–water partition coefficient (Wildman–Crippen LogP) is 1.88. The van der Waals surface area contributed by atoms with Gasteiger partial charge in [0.25, 0.3) is 0 Å². The molecule has 0 spiro atoms. The van der Waals surface area contributed by atoms with Crippen LogP contribution in [0.25, 0.3) is 6.08 Å². The Balaban J connectivity index is 3.07. The summed E-state index contributed by atoms with van der Waals surface area (Å²) >= 11 is 0. The maximum Gasteiger partial charge on any atom is 0.328 e. The van der Waals surface area contributed by atoms with E-state index in [2.05, 4.69) is 5.32 Å². The van der Waals surface area contributed by atoms with E-state index in [4.69, 9.17) is 5.11 Å². The highest BCUT2D eigenvalue weighted by atomic mass is 19.1. The third kappa shape index (κ3) is 3.53. The summed E-state index contributed by atoms with van der Waals surface area (Å²) in [5, 5.41) is 10.9. The molecule has 0 aliphatic heterocycles. The summed E-state index contributed by atoms with van der Waals surface area (Å²) in [5.74, 6) is -1.95. The summed E-state index contributed by atoms with van der Waals surface area (Å²) in [4.78, 5) is 21.2. The number of carbonyl (C=O) groups is 2. The van der Waals surface area contributed by atoms with E-state index in [1.807, 2.05) is 0 Å². The second-order valence-electron chi connectivity index (χ2n) is 3.08. The van der Waals surface area contributed by atoms with Crippen LogP contribution in [0, 0.1) is 5.82 Å². The van der Waals surface area contributed by atoms with Gasteiger partial charge in [-0.25, -0.2) is 9.18 Å². The van der Waals surface area contributed by atoms with Gasteiger partial charge in [-0.2, -0.15) is 0 Å². The molecule has 0 aliphatic carbocycles. The molecule has 0 fully saturated rings. The lowest BCUT2D eigenvalue weighted by Gasteiger charge is -2.06. The van der Waals surface area contributed by atoms with E-state index in [-0.39, 0.29) is 5.91 Å². The molecule has 1 rings (SSSR count). The van der Waals surface area contributed by atoms with Crippen molar-refractivity contribution in [3.8, 4) is 0 Å². The zero-order valence-corrected chi connectivity index (χ0v) is 8.53. The summed E-state index contributed by atoms with van der Waals surface area (Å²) in [6.07, 6.45) is 2.09.